The van der Waals surface area contributed by atoms with Crippen LogP contribution in [0.25, 0.3) is 11.0 Å². The highest BCUT2D eigenvalue weighted by atomic mass is 16.5. The van der Waals surface area contributed by atoms with E-state index in [4.69, 9.17) is 13.9 Å². The van der Waals surface area contributed by atoms with Gasteiger partial charge >= 0.3 is 11.6 Å². The van der Waals surface area contributed by atoms with E-state index in [1.807, 2.05) is 0 Å². The van der Waals surface area contributed by atoms with Crippen molar-refractivity contribution in [2.75, 3.05) is 13.2 Å². The summed E-state index contributed by atoms with van der Waals surface area (Å²) in [4.78, 5) is 23.8. The van der Waals surface area contributed by atoms with Gasteiger partial charge < -0.3 is 34.3 Å². The topological polar surface area (TPSA) is 147 Å². The molecule has 2 aromatic rings. The lowest BCUT2D eigenvalue weighted by Crippen LogP contribution is -2.55. The van der Waals surface area contributed by atoms with Crippen molar-refractivity contribution < 1.29 is 39.1 Å². The molecule has 1 fully saturated rings. The number of benzene rings is 1. The molecule has 4 N–H and O–H groups in total. The Morgan fingerprint density at radius 3 is 2.56 bits per heavy atom. The first kappa shape index (κ1) is 19.5. The monoisotopic (exact) mass is 380 g/mol. The van der Waals surface area contributed by atoms with Gasteiger partial charge in [0.15, 0.2) is 0 Å². The molecule has 0 unspecified atom stereocenters. The minimum absolute atomic E-state index is 0.117. The molecule has 3 rings (SSSR count). The highest BCUT2D eigenvalue weighted by molar-refractivity contribution is 5.92. The van der Waals surface area contributed by atoms with E-state index in [2.05, 4.69) is 0 Å². The van der Waals surface area contributed by atoms with Crippen LogP contribution in [-0.2, 0) is 9.47 Å². The van der Waals surface area contributed by atoms with Crippen LogP contribution in [0.15, 0.2) is 33.5 Å². The number of aliphatic hydroxyl groups is 4. The summed E-state index contributed by atoms with van der Waals surface area (Å²) in [5, 5.41) is 39.7. The normalized spacial score (nSPS) is 28.3. The lowest BCUT2D eigenvalue weighted by Gasteiger charge is -2.40. The van der Waals surface area contributed by atoms with E-state index in [0.717, 1.165) is 0 Å². The Morgan fingerprint density at radius 2 is 1.89 bits per heavy atom. The predicted octanol–water partition coefficient (Wildman–Crippen LogP) is -0.515. The van der Waals surface area contributed by atoms with Crippen molar-refractivity contribution >= 4 is 16.9 Å². The number of carbonyl (C=O) groups excluding carboxylic acids is 1. The standard InChI is InChI=1S/C18H20O9/c1-2-25-17(23)10-5-8-3-4-9(6-11(8)27-18(10)24)16-15(22)14(21)13(20)12(7-19)26-16/h3-6,12-16,19-22H,2,7H2,1H3/t12-,13+,14+,15-,16+/m1/s1. The number of carbonyl (C=O) groups is 1. The van der Waals surface area contributed by atoms with Gasteiger partial charge in [0.1, 0.15) is 41.7 Å². The molecule has 0 amide bonds. The summed E-state index contributed by atoms with van der Waals surface area (Å²) in [6.45, 7) is 1.19. The molecule has 0 bridgehead atoms. The maximum Gasteiger partial charge on any atom is 0.351 e. The number of hydrogen-bond donors (Lipinski definition) is 4. The van der Waals surface area contributed by atoms with Crippen LogP contribution >= 0.6 is 0 Å². The largest absolute Gasteiger partial charge is 0.462 e. The summed E-state index contributed by atoms with van der Waals surface area (Å²) >= 11 is 0. The zero-order valence-corrected chi connectivity index (χ0v) is 14.4. The van der Waals surface area contributed by atoms with E-state index in [0.29, 0.717) is 10.9 Å². The van der Waals surface area contributed by atoms with Gasteiger partial charge in [0, 0.05) is 5.39 Å². The number of ether oxygens (including phenoxy) is 2. The summed E-state index contributed by atoms with van der Waals surface area (Å²) in [7, 11) is 0. The third-order valence-electron chi connectivity index (χ3n) is 4.48. The quantitative estimate of drug-likeness (QED) is 0.406. The molecule has 146 valence electrons. The Hall–Kier alpha value is -2.30. The highest BCUT2D eigenvalue weighted by Gasteiger charge is 2.44. The molecular formula is C18H20O9. The second-order valence-corrected chi connectivity index (χ2v) is 6.21. The van der Waals surface area contributed by atoms with Crippen LogP contribution in [0, 0.1) is 0 Å². The Balaban J connectivity index is 1.98. The first-order valence-corrected chi connectivity index (χ1v) is 8.42. The van der Waals surface area contributed by atoms with Crippen molar-refractivity contribution in [3.8, 4) is 0 Å². The molecule has 0 radical (unpaired) electrons. The first-order valence-electron chi connectivity index (χ1n) is 8.42. The Kier molecular flexibility index (Phi) is 5.59. The van der Waals surface area contributed by atoms with Gasteiger partial charge in [0.2, 0.25) is 0 Å². The van der Waals surface area contributed by atoms with Crippen LogP contribution in [-0.4, -0.2) is 64.0 Å². The van der Waals surface area contributed by atoms with Gasteiger partial charge in [-0.05, 0) is 24.6 Å². The molecule has 5 atom stereocenters. The van der Waals surface area contributed by atoms with Crippen LogP contribution in [0.1, 0.15) is 28.9 Å². The number of esters is 1. The summed E-state index contributed by atoms with van der Waals surface area (Å²) in [5.41, 5.74) is -0.592. The summed E-state index contributed by atoms with van der Waals surface area (Å²) in [6, 6.07) is 5.89. The first-order chi connectivity index (χ1) is 12.9. The van der Waals surface area contributed by atoms with E-state index >= 15 is 0 Å². The molecule has 0 saturated carbocycles. The fourth-order valence-electron chi connectivity index (χ4n) is 3.03. The number of fused-ring (bicyclic) bond motifs is 1. The molecule has 27 heavy (non-hydrogen) atoms. The summed E-state index contributed by atoms with van der Waals surface area (Å²) < 4.78 is 15.5. The maximum absolute atomic E-state index is 12.0. The van der Waals surface area contributed by atoms with Crippen molar-refractivity contribution in [2.24, 2.45) is 0 Å². The molecule has 1 aliphatic heterocycles. The van der Waals surface area contributed by atoms with Crippen molar-refractivity contribution in [3.63, 3.8) is 0 Å². The number of aliphatic hydroxyl groups excluding tert-OH is 4. The zero-order valence-electron chi connectivity index (χ0n) is 14.4. The number of hydrogen-bond acceptors (Lipinski definition) is 9. The molecule has 1 aromatic heterocycles. The van der Waals surface area contributed by atoms with Gasteiger partial charge in [0.25, 0.3) is 0 Å². The molecule has 1 saturated heterocycles. The maximum atomic E-state index is 12.0. The van der Waals surface area contributed by atoms with Crippen molar-refractivity contribution in [1.82, 2.24) is 0 Å². The number of rotatable bonds is 4. The Bertz CT molecular complexity index is 888. The average Bonchev–Trinajstić information content (AvgIpc) is 2.65. The highest BCUT2D eigenvalue weighted by Crippen LogP contribution is 2.33. The van der Waals surface area contributed by atoms with Gasteiger partial charge in [0.05, 0.1) is 13.2 Å². The minimum atomic E-state index is -1.52. The third-order valence-corrected chi connectivity index (χ3v) is 4.48. The lowest BCUT2D eigenvalue weighted by atomic mass is 9.91. The van der Waals surface area contributed by atoms with Crippen molar-refractivity contribution in [1.29, 1.82) is 0 Å². The van der Waals surface area contributed by atoms with Crippen molar-refractivity contribution in [2.45, 2.75) is 37.4 Å². The van der Waals surface area contributed by atoms with Gasteiger partial charge in [-0.3, -0.25) is 0 Å². The van der Waals surface area contributed by atoms with Crippen LogP contribution in [0.5, 0.6) is 0 Å². The molecule has 2 heterocycles. The van der Waals surface area contributed by atoms with Crippen LogP contribution in [0.3, 0.4) is 0 Å². The summed E-state index contributed by atoms with van der Waals surface area (Å²) in [5.74, 6) is -0.786. The van der Waals surface area contributed by atoms with Gasteiger partial charge in [-0.15, -0.1) is 0 Å². The minimum Gasteiger partial charge on any atom is -0.462 e. The third kappa shape index (κ3) is 3.60. The van der Waals surface area contributed by atoms with E-state index in [1.54, 1.807) is 19.1 Å². The van der Waals surface area contributed by atoms with Gasteiger partial charge in [-0.25, -0.2) is 9.59 Å². The second kappa shape index (κ2) is 7.75. The molecule has 9 heteroatoms. The fourth-order valence-corrected chi connectivity index (χ4v) is 3.03. The molecule has 1 aromatic carbocycles. The predicted molar refractivity (Wildman–Crippen MR) is 91.2 cm³/mol. The SMILES string of the molecule is CCOC(=O)c1cc2ccc([C@@H]3O[C@H](CO)[C@H](O)[C@H](O)[C@H]3O)cc2oc1=O. The van der Waals surface area contributed by atoms with E-state index in [1.165, 1.54) is 12.1 Å². The second-order valence-electron chi connectivity index (χ2n) is 6.21. The Morgan fingerprint density at radius 1 is 1.15 bits per heavy atom. The zero-order chi connectivity index (χ0) is 19.7. The van der Waals surface area contributed by atoms with Gasteiger partial charge in [-0.2, -0.15) is 0 Å². The van der Waals surface area contributed by atoms with Crippen LogP contribution in [0.4, 0.5) is 0 Å². The fraction of sp³-hybridized carbons (Fsp3) is 0.444. The smallest absolute Gasteiger partial charge is 0.351 e. The molecule has 0 aliphatic carbocycles. The molecule has 9 nitrogen and oxygen atoms in total. The van der Waals surface area contributed by atoms with E-state index < -0.39 is 48.7 Å². The van der Waals surface area contributed by atoms with Crippen molar-refractivity contribution in [3.05, 3.63) is 45.8 Å². The molecule has 1 aliphatic rings. The lowest BCUT2D eigenvalue weighted by molar-refractivity contribution is -0.231. The molecule has 0 spiro atoms. The van der Waals surface area contributed by atoms with Gasteiger partial charge in [-0.1, -0.05) is 12.1 Å². The summed E-state index contributed by atoms with van der Waals surface area (Å²) in [6.07, 6.45) is -6.55. The Labute approximate surface area is 153 Å². The van der Waals surface area contributed by atoms with E-state index in [-0.39, 0.29) is 17.8 Å². The van der Waals surface area contributed by atoms with Crippen LogP contribution < -0.4 is 5.63 Å². The van der Waals surface area contributed by atoms with E-state index in [9.17, 15) is 30.0 Å². The van der Waals surface area contributed by atoms with Crippen LogP contribution in [0.2, 0.25) is 0 Å². The average molecular weight is 380 g/mol. The molecular weight excluding hydrogens is 360 g/mol.